The smallest absolute Gasteiger partial charge is 0.191 e. The Hall–Kier alpha value is -1.33. The van der Waals surface area contributed by atoms with Crippen LogP contribution in [0.1, 0.15) is 51.0 Å². The van der Waals surface area contributed by atoms with Gasteiger partial charge in [-0.3, -0.25) is 4.99 Å². The molecular formula is C19H31ClN4O. The Morgan fingerprint density at radius 3 is 2.84 bits per heavy atom. The fourth-order valence-corrected chi connectivity index (χ4v) is 3.07. The number of halogens is 1. The van der Waals surface area contributed by atoms with Crippen LogP contribution in [0.4, 0.5) is 0 Å². The molecule has 0 radical (unpaired) electrons. The van der Waals surface area contributed by atoms with Gasteiger partial charge in [-0.1, -0.05) is 36.9 Å². The van der Waals surface area contributed by atoms with Crippen LogP contribution in [0.25, 0.3) is 0 Å². The number of ether oxygens (including phenoxy) is 1. The van der Waals surface area contributed by atoms with Crippen molar-refractivity contribution in [3.63, 3.8) is 0 Å². The molecule has 0 saturated heterocycles. The van der Waals surface area contributed by atoms with E-state index in [4.69, 9.17) is 16.3 Å². The first-order chi connectivity index (χ1) is 12.3. The van der Waals surface area contributed by atoms with Gasteiger partial charge in [-0.05, 0) is 44.2 Å². The molecule has 1 fully saturated rings. The summed E-state index contributed by atoms with van der Waals surface area (Å²) in [6, 6.07) is 3.83. The van der Waals surface area contributed by atoms with E-state index in [-0.39, 0.29) is 0 Å². The van der Waals surface area contributed by atoms with Gasteiger partial charge in [0, 0.05) is 32.4 Å². The Morgan fingerprint density at radius 2 is 2.12 bits per heavy atom. The van der Waals surface area contributed by atoms with Crippen LogP contribution in [-0.4, -0.2) is 43.3 Å². The van der Waals surface area contributed by atoms with Gasteiger partial charge >= 0.3 is 0 Å². The lowest BCUT2D eigenvalue weighted by atomic mass is 9.98. The zero-order valence-electron chi connectivity index (χ0n) is 15.3. The predicted octanol–water partition coefficient (Wildman–Crippen LogP) is 3.57. The number of aromatic nitrogens is 1. The molecule has 0 bridgehead atoms. The van der Waals surface area contributed by atoms with Crippen molar-refractivity contribution in [1.29, 1.82) is 0 Å². The Labute approximate surface area is 156 Å². The first-order valence-electron chi connectivity index (χ1n) is 9.52. The lowest BCUT2D eigenvalue weighted by molar-refractivity contribution is 0.0281. The van der Waals surface area contributed by atoms with Gasteiger partial charge in [-0.15, -0.1) is 0 Å². The van der Waals surface area contributed by atoms with E-state index in [1.54, 1.807) is 0 Å². The van der Waals surface area contributed by atoms with Crippen LogP contribution < -0.4 is 10.6 Å². The molecule has 140 valence electrons. The van der Waals surface area contributed by atoms with Gasteiger partial charge in [0.25, 0.3) is 0 Å². The van der Waals surface area contributed by atoms with Crippen LogP contribution >= 0.6 is 11.6 Å². The van der Waals surface area contributed by atoms with E-state index in [9.17, 15) is 0 Å². The molecule has 2 N–H and O–H groups in total. The van der Waals surface area contributed by atoms with E-state index in [0.29, 0.717) is 11.3 Å². The molecule has 0 aliphatic heterocycles. The highest BCUT2D eigenvalue weighted by Crippen LogP contribution is 2.20. The molecule has 5 nitrogen and oxygen atoms in total. The first-order valence-corrected chi connectivity index (χ1v) is 9.90. The van der Waals surface area contributed by atoms with Gasteiger partial charge in [-0.2, -0.15) is 0 Å². The number of aliphatic imine (C=N–C) groups is 1. The summed E-state index contributed by atoms with van der Waals surface area (Å²) in [5.41, 5.74) is 1.16. The molecule has 1 aromatic rings. The maximum Gasteiger partial charge on any atom is 0.191 e. The largest absolute Gasteiger partial charge is 0.378 e. The average Bonchev–Trinajstić information content (AvgIpc) is 2.64. The van der Waals surface area contributed by atoms with Crippen molar-refractivity contribution in [2.24, 2.45) is 4.99 Å². The Kier molecular flexibility index (Phi) is 9.67. The molecule has 1 aliphatic rings. The van der Waals surface area contributed by atoms with Gasteiger partial charge in [0.1, 0.15) is 5.15 Å². The molecular weight excluding hydrogens is 336 g/mol. The minimum Gasteiger partial charge on any atom is -0.378 e. The van der Waals surface area contributed by atoms with Crippen LogP contribution in [0.5, 0.6) is 0 Å². The van der Waals surface area contributed by atoms with Gasteiger partial charge in [-0.25, -0.2) is 4.98 Å². The monoisotopic (exact) mass is 366 g/mol. The number of nitrogens with zero attached hydrogens (tertiary/aromatic N) is 2. The summed E-state index contributed by atoms with van der Waals surface area (Å²) in [6.07, 6.45) is 10.6. The van der Waals surface area contributed by atoms with Crippen LogP contribution in [-0.2, 0) is 11.2 Å². The van der Waals surface area contributed by atoms with Crippen LogP contribution in [0.2, 0.25) is 5.15 Å². The lowest BCUT2D eigenvalue weighted by Gasteiger charge is -2.21. The van der Waals surface area contributed by atoms with Crippen molar-refractivity contribution in [3.05, 3.63) is 29.0 Å². The van der Waals surface area contributed by atoms with Crippen LogP contribution in [0.3, 0.4) is 0 Å². The second kappa shape index (κ2) is 12.1. The summed E-state index contributed by atoms with van der Waals surface area (Å²) < 4.78 is 5.95. The SMILES string of the molecule is CCNC(=NCCCOC1CCCCC1)NCCc1ccc(Cl)nc1. The van der Waals surface area contributed by atoms with Gasteiger partial charge < -0.3 is 15.4 Å². The highest BCUT2D eigenvalue weighted by atomic mass is 35.5. The Bertz CT molecular complexity index is 501. The summed E-state index contributed by atoms with van der Waals surface area (Å²) in [5.74, 6) is 0.863. The summed E-state index contributed by atoms with van der Waals surface area (Å²) >= 11 is 5.80. The van der Waals surface area contributed by atoms with Gasteiger partial charge in [0.2, 0.25) is 0 Å². The molecule has 0 atom stereocenters. The lowest BCUT2D eigenvalue weighted by Crippen LogP contribution is -2.38. The molecule has 0 aromatic carbocycles. The van der Waals surface area contributed by atoms with Gasteiger partial charge in [0.05, 0.1) is 6.10 Å². The van der Waals surface area contributed by atoms with E-state index >= 15 is 0 Å². The topological polar surface area (TPSA) is 58.5 Å². The molecule has 1 saturated carbocycles. The molecule has 0 spiro atoms. The molecule has 6 heteroatoms. The van der Waals surface area contributed by atoms with E-state index in [0.717, 1.165) is 50.6 Å². The summed E-state index contributed by atoms with van der Waals surface area (Å²) in [6.45, 7) is 5.34. The number of nitrogens with one attached hydrogen (secondary N) is 2. The van der Waals surface area contributed by atoms with E-state index in [1.807, 2.05) is 18.3 Å². The number of hydrogen-bond donors (Lipinski definition) is 2. The molecule has 1 aromatic heterocycles. The van der Waals surface area contributed by atoms with Crippen LogP contribution in [0.15, 0.2) is 23.3 Å². The van der Waals surface area contributed by atoms with Crippen molar-refractivity contribution >= 4 is 17.6 Å². The zero-order chi connectivity index (χ0) is 17.7. The standard InChI is InChI=1S/C19H31ClN4O/c1-2-21-19(23-13-11-16-9-10-18(20)24-15-16)22-12-6-14-25-17-7-4-3-5-8-17/h9-10,15,17H,2-8,11-14H2,1H3,(H2,21,22,23). The fraction of sp³-hybridized carbons (Fsp3) is 0.684. The maximum atomic E-state index is 5.95. The molecule has 1 heterocycles. The second-order valence-corrected chi connectivity index (χ2v) is 6.80. The molecule has 25 heavy (non-hydrogen) atoms. The summed E-state index contributed by atoms with van der Waals surface area (Å²) in [7, 11) is 0. The predicted molar refractivity (Wildman–Crippen MR) is 104 cm³/mol. The van der Waals surface area contributed by atoms with Crippen molar-refractivity contribution in [2.75, 3.05) is 26.2 Å². The molecule has 1 aliphatic carbocycles. The van der Waals surface area contributed by atoms with Gasteiger partial charge in [0.15, 0.2) is 5.96 Å². The van der Waals surface area contributed by atoms with Crippen LogP contribution in [0, 0.1) is 0 Å². The highest BCUT2D eigenvalue weighted by molar-refractivity contribution is 6.29. The second-order valence-electron chi connectivity index (χ2n) is 6.41. The van der Waals surface area contributed by atoms with Crippen molar-refractivity contribution in [1.82, 2.24) is 15.6 Å². The fourth-order valence-electron chi connectivity index (χ4n) is 2.96. The third-order valence-electron chi connectivity index (χ3n) is 4.32. The molecule has 0 unspecified atom stereocenters. The molecule has 0 amide bonds. The van der Waals surface area contributed by atoms with Crippen molar-refractivity contribution in [2.45, 2.75) is 58.0 Å². The van der Waals surface area contributed by atoms with E-state index < -0.39 is 0 Å². The zero-order valence-corrected chi connectivity index (χ0v) is 16.0. The number of rotatable bonds is 9. The summed E-state index contributed by atoms with van der Waals surface area (Å²) in [5, 5.41) is 7.17. The minimum atomic E-state index is 0.483. The quantitative estimate of drug-likeness (QED) is 0.303. The van der Waals surface area contributed by atoms with Crippen molar-refractivity contribution in [3.8, 4) is 0 Å². The highest BCUT2D eigenvalue weighted by Gasteiger charge is 2.12. The number of hydrogen-bond acceptors (Lipinski definition) is 3. The van der Waals surface area contributed by atoms with Crippen molar-refractivity contribution < 1.29 is 4.74 Å². The third kappa shape index (κ3) is 8.54. The summed E-state index contributed by atoms with van der Waals surface area (Å²) in [4.78, 5) is 8.72. The number of pyridine rings is 1. The van der Waals surface area contributed by atoms with E-state index in [1.165, 1.54) is 32.1 Å². The molecule has 2 rings (SSSR count). The Balaban J connectivity index is 1.62. The number of guanidine groups is 1. The Morgan fingerprint density at radius 1 is 1.28 bits per heavy atom. The van der Waals surface area contributed by atoms with E-state index in [2.05, 4.69) is 27.5 Å². The first kappa shape index (κ1) is 20.0. The normalized spacial score (nSPS) is 16.0. The minimum absolute atomic E-state index is 0.483. The third-order valence-corrected chi connectivity index (χ3v) is 4.54. The average molecular weight is 367 g/mol. The maximum absolute atomic E-state index is 5.95.